The van der Waals surface area contributed by atoms with Gasteiger partial charge in [-0.25, -0.2) is 4.68 Å². The Kier molecular flexibility index (Phi) is 3.84. The highest BCUT2D eigenvalue weighted by molar-refractivity contribution is 7.99. The number of fused-ring (bicyclic) bond motifs is 1. The minimum atomic E-state index is 0.000645. The fraction of sp³-hybridized carbons (Fsp3) is 0.429. The lowest BCUT2D eigenvalue weighted by atomic mass is 10.2. The molecule has 0 saturated carbocycles. The van der Waals surface area contributed by atoms with Crippen molar-refractivity contribution in [2.24, 2.45) is 0 Å². The Morgan fingerprint density at radius 2 is 2.32 bits per heavy atom. The molecule has 1 fully saturated rings. The van der Waals surface area contributed by atoms with Gasteiger partial charge >= 0.3 is 0 Å². The Hall–Kier alpha value is -1.33. The van der Waals surface area contributed by atoms with E-state index in [0.29, 0.717) is 12.6 Å². The molecule has 0 amide bonds. The number of hydrogen-bond acceptors (Lipinski definition) is 4. The molecule has 2 heterocycles. The largest absolute Gasteiger partial charge is 0.311 e. The van der Waals surface area contributed by atoms with Crippen LogP contribution in [-0.2, 0) is 6.54 Å². The summed E-state index contributed by atoms with van der Waals surface area (Å²) in [6.45, 7) is 1.43. The molecule has 1 aromatic carbocycles. The van der Waals surface area contributed by atoms with Crippen LogP contribution < -0.4 is 10.9 Å². The molecule has 100 valence electrons. The van der Waals surface area contributed by atoms with Crippen LogP contribution in [0.15, 0.2) is 35.3 Å². The summed E-state index contributed by atoms with van der Waals surface area (Å²) in [5, 5.41) is 9.37. The van der Waals surface area contributed by atoms with Crippen LogP contribution >= 0.6 is 11.8 Å². The summed E-state index contributed by atoms with van der Waals surface area (Å²) in [6.07, 6.45) is 2.99. The third-order valence-corrected chi connectivity index (χ3v) is 4.61. The standard InChI is InChI=1S/C14H17N3OS/c18-14-13-4-2-1-3-11(13)9-16-17(14)7-6-15-12-5-8-19-10-12/h1-4,9,12,15H,5-8,10H2. The van der Waals surface area contributed by atoms with Crippen molar-refractivity contribution >= 4 is 22.5 Å². The molecule has 1 saturated heterocycles. The van der Waals surface area contributed by atoms with E-state index in [9.17, 15) is 4.79 Å². The summed E-state index contributed by atoms with van der Waals surface area (Å²) in [6, 6.07) is 8.19. The molecule has 1 unspecified atom stereocenters. The Morgan fingerprint density at radius 1 is 1.42 bits per heavy atom. The van der Waals surface area contributed by atoms with E-state index in [1.54, 1.807) is 10.9 Å². The fourth-order valence-corrected chi connectivity index (χ4v) is 3.54. The quantitative estimate of drug-likeness (QED) is 0.918. The second-order valence-electron chi connectivity index (χ2n) is 4.77. The number of rotatable bonds is 4. The van der Waals surface area contributed by atoms with Crippen LogP contribution in [0.2, 0.25) is 0 Å². The molecule has 0 radical (unpaired) electrons. The van der Waals surface area contributed by atoms with Gasteiger partial charge < -0.3 is 5.32 Å². The maximum Gasteiger partial charge on any atom is 0.274 e. The SMILES string of the molecule is O=c1c2ccccc2cnn1CCNC1CCSC1. The lowest BCUT2D eigenvalue weighted by Gasteiger charge is -2.11. The average molecular weight is 275 g/mol. The van der Waals surface area contributed by atoms with Crippen molar-refractivity contribution in [2.75, 3.05) is 18.1 Å². The van der Waals surface area contributed by atoms with Gasteiger partial charge in [-0.15, -0.1) is 0 Å². The summed E-state index contributed by atoms with van der Waals surface area (Å²) >= 11 is 1.99. The smallest absolute Gasteiger partial charge is 0.274 e. The molecule has 1 aromatic heterocycles. The summed E-state index contributed by atoms with van der Waals surface area (Å²) in [5.74, 6) is 2.42. The van der Waals surface area contributed by atoms with Gasteiger partial charge in [0, 0.05) is 23.7 Å². The first-order valence-electron chi connectivity index (χ1n) is 6.60. The molecular formula is C14H17N3OS. The topological polar surface area (TPSA) is 46.9 Å². The summed E-state index contributed by atoms with van der Waals surface area (Å²) < 4.78 is 1.55. The minimum Gasteiger partial charge on any atom is -0.311 e. The fourth-order valence-electron chi connectivity index (χ4n) is 2.36. The first-order chi connectivity index (χ1) is 9.34. The molecule has 0 spiro atoms. The van der Waals surface area contributed by atoms with Crippen LogP contribution in [0.25, 0.3) is 10.8 Å². The molecule has 1 aliphatic rings. The van der Waals surface area contributed by atoms with Gasteiger partial charge in [-0.3, -0.25) is 4.79 Å². The molecule has 1 N–H and O–H groups in total. The molecule has 5 heteroatoms. The monoisotopic (exact) mass is 275 g/mol. The van der Waals surface area contributed by atoms with Gasteiger partial charge in [-0.1, -0.05) is 18.2 Å². The minimum absolute atomic E-state index is 0.000645. The van der Waals surface area contributed by atoms with E-state index in [-0.39, 0.29) is 5.56 Å². The maximum atomic E-state index is 12.2. The molecule has 0 bridgehead atoms. The van der Waals surface area contributed by atoms with Crippen LogP contribution in [0.3, 0.4) is 0 Å². The normalized spacial score (nSPS) is 19.1. The van der Waals surface area contributed by atoms with Crippen molar-refractivity contribution < 1.29 is 0 Å². The third-order valence-electron chi connectivity index (χ3n) is 3.45. The number of nitrogens with one attached hydrogen (secondary N) is 1. The summed E-state index contributed by atoms with van der Waals surface area (Å²) in [4.78, 5) is 12.2. The summed E-state index contributed by atoms with van der Waals surface area (Å²) in [5.41, 5.74) is 0.000645. The maximum absolute atomic E-state index is 12.2. The number of nitrogens with zero attached hydrogens (tertiary/aromatic N) is 2. The van der Waals surface area contributed by atoms with Crippen LogP contribution in [0.4, 0.5) is 0 Å². The summed E-state index contributed by atoms with van der Waals surface area (Å²) in [7, 11) is 0. The van der Waals surface area contributed by atoms with Gasteiger partial charge in [0.15, 0.2) is 0 Å². The van der Waals surface area contributed by atoms with Gasteiger partial charge in [0.1, 0.15) is 0 Å². The Labute approximate surface area is 116 Å². The predicted octanol–water partition coefficient (Wildman–Crippen LogP) is 1.49. The molecule has 4 nitrogen and oxygen atoms in total. The lowest BCUT2D eigenvalue weighted by molar-refractivity contribution is 0.490. The Balaban J connectivity index is 1.70. The van der Waals surface area contributed by atoms with E-state index >= 15 is 0 Å². The van der Waals surface area contributed by atoms with Gasteiger partial charge in [-0.2, -0.15) is 16.9 Å². The second kappa shape index (κ2) is 5.75. The van der Waals surface area contributed by atoms with Crippen LogP contribution in [0.5, 0.6) is 0 Å². The molecule has 1 aliphatic heterocycles. The first kappa shape index (κ1) is 12.7. The third kappa shape index (κ3) is 2.82. The zero-order valence-corrected chi connectivity index (χ0v) is 11.5. The van der Waals surface area contributed by atoms with E-state index in [1.807, 2.05) is 36.0 Å². The van der Waals surface area contributed by atoms with Crippen molar-refractivity contribution in [3.8, 4) is 0 Å². The second-order valence-corrected chi connectivity index (χ2v) is 5.92. The van der Waals surface area contributed by atoms with Crippen LogP contribution in [-0.4, -0.2) is 33.9 Å². The van der Waals surface area contributed by atoms with Gasteiger partial charge in [0.05, 0.1) is 18.1 Å². The van der Waals surface area contributed by atoms with Gasteiger partial charge in [-0.05, 0) is 18.2 Å². The van der Waals surface area contributed by atoms with Crippen molar-refractivity contribution in [3.05, 3.63) is 40.8 Å². The Bertz CT molecular complexity index is 619. The Morgan fingerprint density at radius 3 is 3.16 bits per heavy atom. The average Bonchev–Trinajstić information content (AvgIpc) is 2.95. The number of thioether (sulfide) groups is 1. The molecule has 19 heavy (non-hydrogen) atoms. The van der Waals surface area contributed by atoms with E-state index < -0.39 is 0 Å². The highest BCUT2D eigenvalue weighted by atomic mass is 32.2. The lowest BCUT2D eigenvalue weighted by Crippen LogP contribution is -2.34. The van der Waals surface area contributed by atoms with E-state index in [0.717, 1.165) is 17.3 Å². The number of hydrogen-bond donors (Lipinski definition) is 1. The van der Waals surface area contributed by atoms with Gasteiger partial charge in [0.25, 0.3) is 5.56 Å². The first-order valence-corrected chi connectivity index (χ1v) is 7.76. The molecule has 1 atom stereocenters. The van der Waals surface area contributed by atoms with Crippen molar-refractivity contribution in [2.45, 2.75) is 19.0 Å². The zero-order chi connectivity index (χ0) is 13.1. The van der Waals surface area contributed by atoms with E-state index in [2.05, 4.69) is 10.4 Å². The molecule has 2 aromatic rings. The van der Waals surface area contributed by atoms with Crippen molar-refractivity contribution in [1.82, 2.24) is 15.1 Å². The molecule has 0 aliphatic carbocycles. The van der Waals surface area contributed by atoms with Crippen molar-refractivity contribution in [3.63, 3.8) is 0 Å². The zero-order valence-electron chi connectivity index (χ0n) is 10.7. The van der Waals surface area contributed by atoms with E-state index in [4.69, 9.17) is 0 Å². The highest BCUT2D eigenvalue weighted by Gasteiger charge is 2.14. The van der Waals surface area contributed by atoms with Crippen LogP contribution in [0, 0.1) is 0 Å². The number of aromatic nitrogens is 2. The highest BCUT2D eigenvalue weighted by Crippen LogP contribution is 2.16. The molecule has 3 rings (SSSR count). The van der Waals surface area contributed by atoms with E-state index in [1.165, 1.54) is 17.9 Å². The molecular weight excluding hydrogens is 258 g/mol. The van der Waals surface area contributed by atoms with Crippen LogP contribution in [0.1, 0.15) is 6.42 Å². The van der Waals surface area contributed by atoms with Gasteiger partial charge in [0.2, 0.25) is 0 Å². The number of benzene rings is 1. The predicted molar refractivity (Wildman–Crippen MR) is 79.7 cm³/mol. The van der Waals surface area contributed by atoms with Crippen molar-refractivity contribution in [1.29, 1.82) is 0 Å².